The van der Waals surface area contributed by atoms with Crippen LogP contribution in [0.5, 0.6) is 11.5 Å². The van der Waals surface area contributed by atoms with E-state index in [2.05, 4.69) is 12.2 Å². The van der Waals surface area contributed by atoms with Crippen molar-refractivity contribution in [2.75, 3.05) is 6.61 Å². The first-order chi connectivity index (χ1) is 16.4. The van der Waals surface area contributed by atoms with E-state index >= 15 is 0 Å². The average molecular weight is 523 g/mol. The van der Waals surface area contributed by atoms with Gasteiger partial charge in [0, 0.05) is 28.2 Å². The van der Waals surface area contributed by atoms with E-state index in [4.69, 9.17) is 44.3 Å². The van der Waals surface area contributed by atoms with Crippen LogP contribution < -0.4 is 14.8 Å². The van der Waals surface area contributed by atoms with Gasteiger partial charge in [0.05, 0.1) is 11.6 Å². The summed E-state index contributed by atoms with van der Waals surface area (Å²) in [6, 6.07) is 9.94. The van der Waals surface area contributed by atoms with Crippen LogP contribution in [0.3, 0.4) is 0 Å². The lowest BCUT2D eigenvalue weighted by Gasteiger charge is -2.59. The van der Waals surface area contributed by atoms with Crippen LogP contribution in [-0.2, 0) is 13.2 Å². The van der Waals surface area contributed by atoms with Gasteiger partial charge in [0.25, 0.3) is 0 Å². The molecule has 0 amide bonds. The van der Waals surface area contributed by atoms with Crippen molar-refractivity contribution in [1.29, 1.82) is 0 Å². The van der Waals surface area contributed by atoms with Gasteiger partial charge < -0.3 is 14.8 Å². The smallest absolute Gasteiger partial charge is 0.180 e. The number of hydrogen-bond acceptors (Lipinski definition) is 3. The monoisotopic (exact) mass is 521 g/mol. The fraction of sp³-hybridized carbons (Fsp3) is 0.571. The molecule has 0 spiro atoms. The molecule has 34 heavy (non-hydrogen) atoms. The van der Waals surface area contributed by atoms with Gasteiger partial charge in [-0.3, -0.25) is 0 Å². The Balaban J connectivity index is 1.28. The zero-order valence-electron chi connectivity index (χ0n) is 20.0. The summed E-state index contributed by atoms with van der Waals surface area (Å²) >= 11 is 19.3. The van der Waals surface area contributed by atoms with E-state index < -0.39 is 0 Å². The first kappa shape index (κ1) is 24.6. The zero-order chi connectivity index (χ0) is 23.9. The number of ether oxygens (including phenoxy) is 2. The van der Waals surface area contributed by atoms with E-state index in [1.807, 2.05) is 25.1 Å². The molecule has 1 atom stereocenters. The molecule has 4 aliphatic carbocycles. The largest absolute Gasteiger partial charge is 0.490 e. The van der Waals surface area contributed by atoms with Crippen LogP contribution in [0.25, 0.3) is 0 Å². The molecule has 0 aliphatic heterocycles. The molecule has 4 bridgehead atoms. The van der Waals surface area contributed by atoms with Crippen molar-refractivity contribution in [1.82, 2.24) is 5.32 Å². The summed E-state index contributed by atoms with van der Waals surface area (Å²) in [6.07, 6.45) is 8.61. The molecule has 2 aromatic carbocycles. The first-order valence-corrected chi connectivity index (χ1v) is 13.7. The summed E-state index contributed by atoms with van der Waals surface area (Å²) in [5.41, 5.74) is 2.31. The molecule has 2 aromatic rings. The van der Waals surface area contributed by atoms with Gasteiger partial charge in [-0.25, -0.2) is 0 Å². The number of rotatable bonds is 9. The van der Waals surface area contributed by atoms with Gasteiger partial charge in [-0.05, 0) is 105 Å². The number of halogens is 3. The van der Waals surface area contributed by atoms with Crippen molar-refractivity contribution in [2.24, 2.45) is 23.2 Å². The van der Waals surface area contributed by atoms with Crippen LogP contribution in [0.15, 0.2) is 30.3 Å². The second-order valence-corrected chi connectivity index (χ2v) is 11.9. The van der Waals surface area contributed by atoms with Gasteiger partial charge in [-0.15, -0.1) is 0 Å². The lowest BCUT2D eigenvalue weighted by molar-refractivity contribution is -0.0706. The minimum Gasteiger partial charge on any atom is -0.490 e. The Labute approximate surface area is 218 Å². The second kappa shape index (κ2) is 10.1. The van der Waals surface area contributed by atoms with E-state index in [1.54, 1.807) is 12.1 Å². The highest BCUT2D eigenvalue weighted by molar-refractivity contribution is 6.36. The molecule has 1 unspecified atom stereocenters. The topological polar surface area (TPSA) is 30.5 Å². The van der Waals surface area contributed by atoms with Crippen molar-refractivity contribution in [2.45, 2.75) is 71.6 Å². The molecule has 4 aliphatic rings. The Morgan fingerprint density at radius 3 is 2.15 bits per heavy atom. The molecule has 0 saturated heterocycles. The zero-order valence-corrected chi connectivity index (χ0v) is 22.3. The van der Waals surface area contributed by atoms with Crippen molar-refractivity contribution in [3.8, 4) is 11.5 Å². The van der Waals surface area contributed by atoms with Crippen molar-refractivity contribution < 1.29 is 9.47 Å². The van der Waals surface area contributed by atoms with Crippen LogP contribution in [0.4, 0.5) is 0 Å². The molecule has 0 aromatic heterocycles. The highest BCUT2D eigenvalue weighted by Crippen LogP contribution is 2.61. The Kier molecular flexibility index (Phi) is 7.29. The predicted octanol–water partition coefficient (Wildman–Crippen LogP) is 8.32. The molecule has 1 N–H and O–H groups in total. The third kappa shape index (κ3) is 4.91. The maximum atomic E-state index is 6.69. The standard InChI is InChI=1S/C28H34Cl3NO2/c1-3-33-26-11-21(10-25(31)27(26)34-16-22-23(29)5-4-6-24(22)30)15-32-17(2)28-12-18-7-19(13-28)9-20(8-18)14-28/h4-6,10-11,17-20,32H,3,7-9,12-16H2,1-2H3. The number of benzene rings is 2. The Morgan fingerprint density at radius 2 is 1.56 bits per heavy atom. The van der Waals surface area contributed by atoms with Crippen molar-refractivity contribution >= 4 is 34.8 Å². The summed E-state index contributed by atoms with van der Waals surface area (Å²) in [7, 11) is 0. The van der Waals surface area contributed by atoms with Gasteiger partial charge in [0.1, 0.15) is 6.61 Å². The molecule has 184 valence electrons. The minimum absolute atomic E-state index is 0.221. The van der Waals surface area contributed by atoms with Gasteiger partial charge in [-0.1, -0.05) is 40.9 Å². The van der Waals surface area contributed by atoms with E-state index in [1.165, 1.54) is 38.5 Å². The minimum atomic E-state index is 0.221. The molecule has 0 radical (unpaired) electrons. The third-order valence-electron chi connectivity index (χ3n) is 8.41. The molecule has 3 nitrogen and oxygen atoms in total. The lowest BCUT2D eigenvalue weighted by Crippen LogP contribution is -2.54. The molecule has 6 rings (SSSR count). The van der Waals surface area contributed by atoms with Gasteiger partial charge in [-0.2, -0.15) is 0 Å². The van der Waals surface area contributed by atoms with Crippen LogP contribution in [-0.4, -0.2) is 12.6 Å². The normalized spacial score (nSPS) is 28.2. The van der Waals surface area contributed by atoms with Gasteiger partial charge in [0.15, 0.2) is 11.5 Å². The van der Waals surface area contributed by atoms with Crippen LogP contribution in [0, 0.1) is 23.2 Å². The summed E-state index contributed by atoms with van der Waals surface area (Å²) in [5, 5.41) is 5.53. The maximum absolute atomic E-state index is 6.69. The molecule has 0 heterocycles. The third-order valence-corrected chi connectivity index (χ3v) is 9.40. The Morgan fingerprint density at radius 1 is 0.941 bits per heavy atom. The lowest BCUT2D eigenvalue weighted by atomic mass is 9.48. The molecule has 4 saturated carbocycles. The second-order valence-electron chi connectivity index (χ2n) is 10.7. The van der Waals surface area contributed by atoms with Crippen LogP contribution in [0.1, 0.15) is 63.5 Å². The van der Waals surface area contributed by atoms with Crippen molar-refractivity contribution in [3.05, 3.63) is 56.5 Å². The van der Waals surface area contributed by atoms with Crippen LogP contribution in [0.2, 0.25) is 15.1 Å². The first-order valence-electron chi connectivity index (χ1n) is 12.6. The highest BCUT2D eigenvalue weighted by Gasteiger charge is 2.52. The van der Waals surface area contributed by atoms with E-state index in [-0.39, 0.29) is 6.61 Å². The number of hydrogen-bond donors (Lipinski definition) is 1. The summed E-state index contributed by atoms with van der Waals surface area (Å²) in [4.78, 5) is 0. The Bertz CT molecular complexity index is 985. The summed E-state index contributed by atoms with van der Waals surface area (Å²) in [6.45, 7) is 5.87. The van der Waals surface area contributed by atoms with E-state index in [0.29, 0.717) is 44.6 Å². The average Bonchev–Trinajstić information content (AvgIpc) is 2.77. The fourth-order valence-corrected chi connectivity index (χ4v) is 7.93. The van der Waals surface area contributed by atoms with Crippen LogP contribution >= 0.6 is 34.8 Å². The van der Waals surface area contributed by atoms with Crippen molar-refractivity contribution in [3.63, 3.8) is 0 Å². The predicted molar refractivity (Wildman–Crippen MR) is 140 cm³/mol. The SMILES string of the molecule is CCOc1cc(CNC(C)C23CC4CC(CC(C4)C2)C3)cc(Cl)c1OCc1c(Cl)cccc1Cl. The fourth-order valence-electron chi connectivity index (χ4n) is 7.14. The summed E-state index contributed by atoms with van der Waals surface area (Å²) in [5.74, 6) is 4.04. The molecule has 4 fully saturated rings. The summed E-state index contributed by atoms with van der Waals surface area (Å²) < 4.78 is 12.0. The molecular weight excluding hydrogens is 489 g/mol. The van der Waals surface area contributed by atoms with Gasteiger partial charge >= 0.3 is 0 Å². The number of nitrogens with one attached hydrogen (secondary N) is 1. The van der Waals surface area contributed by atoms with Gasteiger partial charge in [0.2, 0.25) is 0 Å². The Hall–Kier alpha value is -1.13. The van der Waals surface area contributed by atoms with E-state index in [0.717, 1.165) is 35.4 Å². The molecule has 6 heteroatoms. The molecular formula is C28H34Cl3NO2. The maximum Gasteiger partial charge on any atom is 0.180 e. The quantitative estimate of drug-likeness (QED) is 0.359. The van der Waals surface area contributed by atoms with E-state index in [9.17, 15) is 0 Å². The highest BCUT2D eigenvalue weighted by atomic mass is 35.5.